The van der Waals surface area contributed by atoms with Gasteiger partial charge >= 0.3 is 0 Å². The van der Waals surface area contributed by atoms with Crippen LogP contribution in [0.4, 0.5) is 0 Å². The number of guanidine groups is 1. The molecule has 2 N–H and O–H groups in total. The zero-order valence-electron chi connectivity index (χ0n) is 14.3. The summed E-state index contributed by atoms with van der Waals surface area (Å²) in [6.07, 6.45) is 1.17. The average Bonchev–Trinajstić information content (AvgIpc) is 3.00. The lowest BCUT2D eigenvalue weighted by atomic mass is 10.1. The molecule has 132 valence electrons. The number of hydrogen-bond donors (Lipinski definition) is 2. The van der Waals surface area contributed by atoms with Gasteiger partial charge in [0.15, 0.2) is 5.96 Å². The van der Waals surface area contributed by atoms with Crippen LogP contribution in [0.25, 0.3) is 0 Å². The second-order valence-electron chi connectivity index (χ2n) is 5.58. The van der Waals surface area contributed by atoms with Crippen LogP contribution in [0.15, 0.2) is 16.4 Å². The lowest BCUT2D eigenvalue weighted by molar-refractivity contribution is 0.196. The first-order valence-corrected chi connectivity index (χ1v) is 8.93. The largest absolute Gasteiger partial charge is 0.383 e. The highest BCUT2D eigenvalue weighted by molar-refractivity contribution is 14.0. The molecule has 1 atom stereocenters. The molecule has 7 heteroatoms. The lowest BCUT2D eigenvalue weighted by Gasteiger charge is -2.31. The molecule has 1 aromatic rings. The highest BCUT2D eigenvalue weighted by Gasteiger charge is 2.21. The predicted octanol–water partition coefficient (Wildman–Crippen LogP) is 2.31. The molecular formula is C16H29IN4OS. The van der Waals surface area contributed by atoms with E-state index in [4.69, 9.17) is 9.73 Å². The van der Waals surface area contributed by atoms with Gasteiger partial charge in [-0.05, 0) is 37.3 Å². The fourth-order valence-electron chi connectivity index (χ4n) is 2.60. The number of nitrogens with zero attached hydrogens (tertiary/aromatic N) is 2. The van der Waals surface area contributed by atoms with E-state index in [1.54, 1.807) is 12.0 Å². The maximum Gasteiger partial charge on any atom is 0.191 e. The third-order valence-corrected chi connectivity index (χ3v) is 4.94. The molecule has 0 saturated heterocycles. The Balaban J connectivity index is 0.00000264. The molecule has 0 aliphatic carbocycles. The van der Waals surface area contributed by atoms with Gasteiger partial charge in [0.1, 0.15) is 0 Å². The van der Waals surface area contributed by atoms with E-state index in [0.29, 0.717) is 12.6 Å². The summed E-state index contributed by atoms with van der Waals surface area (Å²) in [6, 6.07) is 2.71. The highest BCUT2D eigenvalue weighted by Crippen LogP contribution is 2.25. The van der Waals surface area contributed by atoms with E-state index in [0.717, 1.165) is 38.7 Å². The number of aliphatic imine (C=N–C) groups is 1. The van der Waals surface area contributed by atoms with Gasteiger partial charge in [0.05, 0.1) is 13.2 Å². The van der Waals surface area contributed by atoms with E-state index in [2.05, 4.69) is 40.8 Å². The maximum atomic E-state index is 5.06. The quantitative estimate of drug-likeness (QED) is 0.289. The van der Waals surface area contributed by atoms with Crippen LogP contribution in [0, 0.1) is 0 Å². The average molecular weight is 452 g/mol. The van der Waals surface area contributed by atoms with Gasteiger partial charge < -0.3 is 15.4 Å². The molecule has 0 amide bonds. The topological polar surface area (TPSA) is 48.9 Å². The summed E-state index contributed by atoms with van der Waals surface area (Å²) in [5, 5.41) is 8.77. The molecule has 2 heterocycles. The van der Waals surface area contributed by atoms with Crippen molar-refractivity contribution in [3.8, 4) is 0 Å². The zero-order valence-corrected chi connectivity index (χ0v) is 17.4. The molecular weight excluding hydrogens is 423 g/mol. The predicted molar refractivity (Wildman–Crippen MR) is 109 cm³/mol. The van der Waals surface area contributed by atoms with E-state index < -0.39 is 0 Å². The molecule has 0 aromatic carbocycles. The van der Waals surface area contributed by atoms with Crippen molar-refractivity contribution in [3.63, 3.8) is 0 Å². The monoisotopic (exact) mass is 452 g/mol. The standard InChI is InChI=1S/C16H28N4OS.HI/c1-4-17-16(18-7-9-21-3)19-11-13(2)20-8-5-15-14(12-20)6-10-22-15;/h6,10,13H,4-5,7-9,11-12H2,1-3H3,(H2,17,18,19);1H. The minimum Gasteiger partial charge on any atom is -0.383 e. The van der Waals surface area contributed by atoms with Gasteiger partial charge in [-0.15, -0.1) is 35.3 Å². The van der Waals surface area contributed by atoms with Crippen LogP contribution in [0.3, 0.4) is 0 Å². The summed E-state index contributed by atoms with van der Waals surface area (Å²) in [6.45, 7) is 9.68. The molecule has 5 nitrogen and oxygen atoms in total. The molecule has 1 aliphatic rings. The van der Waals surface area contributed by atoms with Gasteiger partial charge in [0, 0.05) is 44.2 Å². The number of methoxy groups -OCH3 is 1. The van der Waals surface area contributed by atoms with Crippen molar-refractivity contribution in [2.24, 2.45) is 4.99 Å². The normalized spacial score (nSPS) is 16.4. The van der Waals surface area contributed by atoms with Crippen LogP contribution >= 0.6 is 35.3 Å². The van der Waals surface area contributed by atoms with Crippen molar-refractivity contribution < 1.29 is 4.74 Å². The molecule has 0 bridgehead atoms. The Morgan fingerprint density at radius 3 is 3.04 bits per heavy atom. The van der Waals surface area contributed by atoms with E-state index in [1.807, 2.05) is 11.3 Å². The van der Waals surface area contributed by atoms with Crippen molar-refractivity contribution in [2.45, 2.75) is 32.9 Å². The van der Waals surface area contributed by atoms with E-state index in [-0.39, 0.29) is 24.0 Å². The Morgan fingerprint density at radius 1 is 1.48 bits per heavy atom. The number of ether oxygens (including phenoxy) is 1. The second kappa shape index (κ2) is 11.2. The number of nitrogens with one attached hydrogen (secondary N) is 2. The van der Waals surface area contributed by atoms with E-state index >= 15 is 0 Å². The maximum absolute atomic E-state index is 5.06. The highest BCUT2D eigenvalue weighted by atomic mass is 127. The third kappa shape index (κ3) is 6.56. The SMILES string of the molecule is CCNC(=NCC(C)N1CCc2sccc2C1)NCCOC.I. The summed E-state index contributed by atoms with van der Waals surface area (Å²) in [5.41, 5.74) is 1.50. The number of halogens is 1. The van der Waals surface area contributed by atoms with Gasteiger partial charge in [0.25, 0.3) is 0 Å². The number of hydrogen-bond acceptors (Lipinski definition) is 4. The summed E-state index contributed by atoms with van der Waals surface area (Å²) >= 11 is 1.89. The number of thiophene rings is 1. The van der Waals surface area contributed by atoms with Gasteiger partial charge in [-0.2, -0.15) is 0 Å². The first-order valence-electron chi connectivity index (χ1n) is 8.05. The third-order valence-electron chi connectivity index (χ3n) is 3.92. The van der Waals surface area contributed by atoms with Crippen molar-refractivity contribution >= 4 is 41.3 Å². The van der Waals surface area contributed by atoms with Gasteiger partial charge in [-0.1, -0.05) is 0 Å². The van der Waals surface area contributed by atoms with E-state index in [9.17, 15) is 0 Å². The summed E-state index contributed by atoms with van der Waals surface area (Å²) in [4.78, 5) is 8.79. The molecule has 0 saturated carbocycles. The van der Waals surface area contributed by atoms with Gasteiger partial charge in [-0.3, -0.25) is 9.89 Å². The first-order chi connectivity index (χ1) is 10.7. The van der Waals surface area contributed by atoms with Crippen molar-refractivity contribution in [1.29, 1.82) is 0 Å². The zero-order chi connectivity index (χ0) is 15.8. The summed E-state index contributed by atoms with van der Waals surface area (Å²) in [5.74, 6) is 0.875. The minimum atomic E-state index is 0. The fraction of sp³-hybridized carbons (Fsp3) is 0.688. The Hall–Kier alpha value is -0.380. The molecule has 1 aliphatic heterocycles. The lowest BCUT2D eigenvalue weighted by Crippen LogP contribution is -2.42. The van der Waals surface area contributed by atoms with Gasteiger partial charge in [0.2, 0.25) is 0 Å². The van der Waals surface area contributed by atoms with Crippen LogP contribution in [-0.2, 0) is 17.7 Å². The molecule has 0 fully saturated rings. The van der Waals surface area contributed by atoms with Crippen molar-refractivity contribution in [2.75, 3.05) is 39.9 Å². The minimum absolute atomic E-state index is 0. The second-order valence-corrected chi connectivity index (χ2v) is 6.58. The Kier molecular flexibility index (Phi) is 10.1. The van der Waals surface area contributed by atoms with Crippen molar-refractivity contribution in [1.82, 2.24) is 15.5 Å². The van der Waals surface area contributed by atoms with Crippen LogP contribution in [-0.4, -0.2) is 56.8 Å². The van der Waals surface area contributed by atoms with Crippen LogP contribution in [0.1, 0.15) is 24.3 Å². The van der Waals surface area contributed by atoms with E-state index in [1.165, 1.54) is 12.0 Å². The van der Waals surface area contributed by atoms with Gasteiger partial charge in [-0.25, -0.2) is 0 Å². The molecule has 1 aromatic heterocycles. The number of fused-ring (bicyclic) bond motifs is 1. The molecule has 1 unspecified atom stereocenters. The Bertz CT molecular complexity index is 480. The van der Waals surface area contributed by atoms with Crippen LogP contribution in [0.2, 0.25) is 0 Å². The molecule has 0 spiro atoms. The smallest absolute Gasteiger partial charge is 0.191 e. The Labute approximate surface area is 160 Å². The number of rotatable bonds is 7. The van der Waals surface area contributed by atoms with Crippen LogP contribution in [0.5, 0.6) is 0 Å². The first kappa shape index (κ1) is 20.7. The Morgan fingerprint density at radius 2 is 2.30 bits per heavy atom. The summed E-state index contributed by atoms with van der Waals surface area (Å²) < 4.78 is 5.06. The summed E-state index contributed by atoms with van der Waals surface area (Å²) in [7, 11) is 1.71. The molecule has 23 heavy (non-hydrogen) atoms. The van der Waals surface area contributed by atoms with Crippen LogP contribution < -0.4 is 10.6 Å². The fourth-order valence-corrected chi connectivity index (χ4v) is 3.49. The molecule has 0 radical (unpaired) electrons. The molecule has 2 rings (SSSR count). The van der Waals surface area contributed by atoms with Crippen molar-refractivity contribution in [3.05, 3.63) is 21.9 Å².